The summed E-state index contributed by atoms with van der Waals surface area (Å²) >= 11 is 5.82. The van der Waals surface area contributed by atoms with Crippen molar-refractivity contribution in [3.05, 3.63) is 59.1 Å². The van der Waals surface area contributed by atoms with Gasteiger partial charge < -0.3 is 25.6 Å². The molecule has 7 nitrogen and oxygen atoms in total. The Kier molecular flexibility index (Phi) is 6.21. The normalized spacial score (nSPS) is 12.8. The molecule has 0 saturated heterocycles. The van der Waals surface area contributed by atoms with Crippen molar-refractivity contribution in [2.75, 3.05) is 12.4 Å². The van der Waals surface area contributed by atoms with Gasteiger partial charge in [0.25, 0.3) is 0 Å². The van der Waals surface area contributed by atoms with Crippen LogP contribution in [-0.4, -0.2) is 35.4 Å². The van der Waals surface area contributed by atoms with Crippen molar-refractivity contribution in [3.63, 3.8) is 0 Å². The minimum Gasteiger partial charge on any atom is -0.497 e. The molecule has 2 rings (SSSR count). The highest BCUT2D eigenvalue weighted by molar-refractivity contribution is 6.30. The quantitative estimate of drug-likeness (QED) is 0.630. The van der Waals surface area contributed by atoms with Gasteiger partial charge in [0.2, 0.25) is 0 Å². The Bertz CT molecular complexity index is 751. The molecular formula is C17H17ClN2O5. The molecular weight excluding hydrogens is 348 g/mol. The second kappa shape index (κ2) is 8.36. The van der Waals surface area contributed by atoms with Crippen molar-refractivity contribution >= 4 is 29.3 Å². The number of nitrogens with one attached hydrogen (secondary N) is 2. The van der Waals surface area contributed by atoms with Gasteiger partial charge in [-0.25, -0.2) is 9.59 Å². The highest BCUT2D eigenvalue weighted by atomic mass is 35.5. The zero-order valence-electron chi connectivity index (χ0n) is 13.3. The summed E-state index contributed by atoms with van der Waals surface area (Å²) in [5.41, 5.74) is 0.726. The minimum absolute atomic E-state index is 0.330. The predicted molar refractivity (Wildman–Crippen MR) is 93.0 cm³/mol. The van der Waals surface area contributed by atoms with Crippen molar-refractivity contribution in [1.29, 1.82) is 0 Å². The van der Waals surface area contributed by atoms with Crippen molar-refractivity contribution in [2.24, 2.45) is 0 Å². The lowest BCUT2D eigenvalue weighted by Gasteiger charge is -2.21. The van der Waals surface area contributed by atoms with Crippen LogP contribution in [0.1, 0.15) is 11.7 Å². The predicted octanol–water partition coefficient (Wildman–Crippen LogP) is 2.66. The van der Waals surface area contributed by atoms with Crippen LogP contribution in [0.15, 0.2) is 48.5 Å². The fourth-order valence-corrected chi connectivity index (χ4v) is 2.33. The summed E-state index contributed by atoms with van der Waals surface area (Å²) in [5.74, 6) is -0.806. The Morgan fingerprint density at radius 1 is 1.16 bits per heavy atom. The number of aliphatic hydroxyl groups excluding tert-OH is 1. The van der Waals surface area contributed by atoms with E-state index in [1.807, 2.05) is 0 Å². The lowest BCUT2D eigenvalue weighted by Crippen LogP contribution is -2.46. The summed E-state index contributed by atoms with van der Waals surface area (Å²) in [4.78, 5) is 23.4. The van der Waals surface area contributed by atoms with E-state index in [0.29, 0.717) is 22.0 Å². The number of urea groups is 1. The zero-order chi connectivity index (χ0) is 18.4. The third kappa shape index (κ3) is 5.10. The highest BCUT2D eigenvalue weighted by Crippen LogP contribution is 2.21. The van der Waals surface area contributed by atoms with E-state index in [1.165, 1.54) is 25.3 Å². The topological polar surface area (TPSA) is 108 Å². The van der Waals surface area contributed by atoms with Crippen LogP contribution in [0.5, 0.6) is 5.75 Å². The van der Waals surface area contributed by atoms with Gasteiger partial charge in [-0.2, -0.15) is 0 Å². The second-order valence-electron chi connectivity index (χ2n) is 5.14. The molecule has 25 heavy (non-hydrogen) atoms. The smallest absolute Gasteiger partial charge is 0.329 e. The third-order valence-corrected chi connectivity index (χ3v) is 3.64. The van der Waals surface area contributed by atoms with Crippen LogP contribution in [-0.2, 0) is 4.79 Å². The molecule has 0 spiro atoms. The standard InChI is InChI=1S/C17H17ClN2O5/c1-25-13-7-5-10(6-8-13)15(21)14(16(22)23)20-17(24)19-12-4-2-3-11(18)9-12/h2-9,14-15,21H,1H3,(H,22,23)(H2,19,20,24). The first kappa shape index (κ1) is 18.6. The first-order chi connectivity index (χ1) is 11.9. The number of halogens is 1. The maximum atomic E-state index is 12.0. The number of hydrogen-bond acceptors (Lipinski definition) is 4. The Morgan fingerprint density at radius 3 is 2.40 bits per heavy atom. The van der Waals surface area contributed by atoms with E-state index in [2.05, 4.69) is 10.6 Å². The summed E-state index contributed by atoms with van der Waals surface area (Å²) in [6.45, 7) is 0. The Balaban J connectivity index is 2.08. The van der Waals surface area contributed by atoms with E-state index in [9.17, 15) is 19.8 Å². The molecule has 4 N–H and O–H groups in total. The van der Waals surface area contributed by atoms with Crippen LogP contribution in [0.4, 0.5) is 10.5 Å². The van der Waals surface area contributed by atoms with Crippen LogP contribution in [0.2, 0.25) is 5.02 Å². The molecule has 0 saturated carbocycles. The monoisotopic (exact) mass is 364 g/mol. The largest absolute Gasteiger partial charge is 0.497 e. The fraction of sp³-hybridized carbons (Fsp3) is 0.176. The number of anilines is 1. The van der Waals surface area contributed by atoms with E-state index in [1.54, 1.807) is 30.3 Å². The van der Waals surface area contributed by atoms with E-state index >= 15 is 0 Å². The van der Waals surface area contributed by atoms with Gasteiger partial charge in [-0.05, 0) is 35.9 Å². The molecule has 2 amide bonds. The molecule has 0 fully saturated rings. The average Bonchev–Trinajstić information content (AvgIpc) is 2.59. The summed E-state index contributed by atoms with van der Waals surface area (Å²) < 4.78 is 5.01. The Labute approximate surface area is 149 Å². The van der Waals surface area contributed by atoms with Crippen molar-refractivity contribution < 1.29 is 24.5 Å². The van der Waals surface area contributed by atoms with E-state index in [0.717, 1.165) is 0 Å². The highest BCUT2D eigenvalue weighted by Gasteiger charge is 2.29. The molecule has 0 aliphatic rings. The van der Waals surface area contributed by atoms with Gasteiger partial charge in [0.1, 0.15) is 11.9 Å². The molecule has 2 atom stereocenters. The van der Waals surface area contributed by atoms with Gasteiger partial charge in [0.05, 0.1) is 7.11 Å². The lowest BCUT2D eigenvalue weighted by atomic mass is 10.0. The van der Waals surface area contributed by atoms with Gasteiger partial charge >= 0.3 is 12.0 Å². The number of carbonyl (C=O) groups is 2. The number of carbonyl (C=O) groups excluding carboxylic acids is 1. The molecule has 8 heteroatoms. The number of hydrogen-bond donors (Lipinski definition) is 4. The molecule has 2 unspecified atom stereocenters. The van der Waals surface area contributed by atoms with E-state index in [-0.39, 0.29) is 0 Å². The summed E-state index contributed by atoms with van der Waals surface area (Å²) in [7, 11) is 1.49. The van der Waals surface area contributed by atoms with Crippen LogP contribution in [0, 0.1) is 0 Å². The van der Waals surface area contributed by atoms with Crippen molar-refractivity contribution in [2.45, 2.75) is 12.1 Å². The molecule has 2 aromatic carbocycles. The van der Waals surface area contributed by atoms with E-state index in [4.69, 9.17) is 16.3 Å². The number of rotatable bonds is 6. The first-order valence-electron chi connectivity index (χ1n) is 7.28. The molecule has 2 aromatic rings. The molecule has 0 bridgehead atoms. The van der Waals surface area contributed by atoms with Crippen molar-refractivity contribution in [1.82, 2.24) is 5.32 Å². The van der Waals surface area contributed by atoms with Crippen molar-refractivity contribution in [3.8, 4) is 5.75 Å². The van der Waals surface area contributed by atoms with Gasteiger partial charge in [-0.1, -0.05) is 29.8 Å². The van der Waals surface area contributed by atoms with Crippen LogP contribution in [0.25, 0.3) is 0 Å². The number of amides is 2. The zero-order valence-corrected chi connectivity index (χ0v) is 14.0. The number of ether oxygens (including phenoxy) is 1. The molecule has 0 aliphatic carbocycles. The maximum Gasteiger partial charge on any atom is 0.329 e. The van der Waals surface area contributed by atoms with Crippen LogP contribution < -0.4 is 15.4 Å². The number of aliphatic hydroxyl groups is 1. The second-order valence-corrected chi connectivity index (χ2v) is 5.58. The molecule has 0 aromatic heterocycles. The maximum absolute atomic E-state index is 12.0. The number of aliphatic carboxylic acids is 1. The SMILES string of the molecule is COc1ccc(C(O)C(NC(=O)Nc2cccc(Cl)c2)C(=O)O)cc1. The minimum atomic E-state index is -1.53. The number of benzene rings is 2. The van der Waals surface area contributed by atoms with Crippen LogP contribution >= 0.6 is 11.6 Å². The van der Waals surface area contributed by atoms with Crippen LogP contribution in [0.3, 0.4) is 0 Å². The van der Waals surface area contributed by atoms with E-state index < -0.39 is 24.1 Å². The Morgan fingerprint density at radius 2 is 1.84 bits per heavy atom. The number of carboxylic acid groups (broad SMARTS) is 1. The molecule has 0 heterocycles. The lowest BCUT2D eigenvalue weighted by molar-refractivity contribution is -0.142. The summed E-state index contributed by atoms with van der Waals surface area (Å²) in [6.07, 6.45) is -1.44. The van der Waals surface area contributed by atoms with Gasteiger partial charge in [-0.3, -0.25) is 0 Å². The van der Waals surface area contributed by atoms with Gasteiger partial charge in [0.15, 0.2) is 6.04 Å². The number of methoxy groups -OCH3 is 1. The Hall–Kier alpha value is -2.77. The number of carboxylic acids is 1. The summed E-state index contributed by atoms with van der Waals surface area (Å²) in [5, 5.41) is 24.7. The van der Waals surface area contributed by atoms with Gasteiger partial charge in [-0.15, -0.1) is 0 Å². The molecule has 132 valence electrons. The summed E-state index contributed by atoms with van der Waals surface area (Å²) in [6, 6.07) is 10.3. The first-order valence-corrected chi connectivity index (χ1v) is 7.66. The fourth-order valence-electron chi connectivity index (χ4n) is 2.14. The van der Waals surface area contributed by atoms with Gasteiger partial charge in [0, 0.05) is 10.7 Å². The molecule has 0 radical (unpaired) electrons. The third-order valence-electron chi connectivity index (χ3n) is 3.41. The average molecular weight is 365 g/mol. The molecule has 0 aliphatic heterocycles.